The number of carbonyl (C=O) groups excluding carboxylic acids is 1. The average molecular weight is 218 g/mol. The van der Waals surface area contributed by atoms with Gasteiger partial charge in [-0.2, -0.15) is 0 Å². The van der Waals surface area contributed by atoms with Gasteiger partial charge in [-0.05, 0) is 23.6 Å². The highest BCUT2D eigenvalue weighted by Crippen LogP contribution is 2.20. The summed E-state index contributed by atoms with van der Waals surface area (Å²) in [5.41, 5.74) is 2.48. The van der Waals surface area contributed by atoms with Crippen LogP contribution in [0.1, 0.15) is 25.3 Å². The SMILES string of the molecule is CC(C)c1ccc(N2CCNC(=O)C2)cc1. The molecule has 0 aliphatic carbocycles. The molecule has 1 saturated heterocycles. The van der Waals surface area contributed by atoms with Crippen molar-refractivity contribution in [3.63, 3.8) is 0 Å². The van der Waals surface area contributed by atoms with E-state index in [4.69, 9.17) is 0 Å². The molecule has 0 atom stereocenters. The zero-order chi connectivity index (χ0) is 11.5. The van der Waals surface area contributed by atoms with Crippen LogP contribution >= 0.6 is 0 Å². The van der Waals surface area contributed by atoms with Gasteiger partial charge in [0.25, 0.3) is 0 Å². The molecular formula is C13H18N2O. The summed E-state index contributed by atoms with van der Waals surface area (Å²) in [7, 11) is 0. The zero-order valence-corrected chi connectivity index (χ0v) is 9.86. The van der Waals surface area contributed by atoms with Crippen LogP contribution in [0.2, 0.25) is 0 Å². The van der Waals surface area contributed by atoms with Crippen molar-refractivity contribution in [2.24, 2.45) is 0 Å². The number of hydrogen-bond donors (Lipinski definition) is 1. The number of amides is 1. The van der Waals surface area contributed by atoms with Crippen molar-refractivity contribution >= 4 is 11.6 Å². The maximum absolute atomic E-state index is 11.3. The quantitative estimate of drug-likeness (QED) is 0.820. The molecule has 0 aromatic heterocycles. The second-order valence-corrected chi connectivity index (χ2v) is 4.52. The molecule has 0 spiro atoms. The lowest BCUT2D eigenvalue weighted by Gasteiger charge is -2.28. The smallest absolute Gasteiger partial charge is 0.239 e. The van der Waals surface area contributed by atoms with Gasteiger partial charge in [0.1, 0.15) is 0 Å². The van der Waals surface area contributed by atoms with Crippen molar-refractivity contribution in [3.8, 4) is 0 Å². The number of nitrogens with zero attached hydrogens (tertiary/aromatic N) is 1. The first-order valence-electron chi connectivity index (χ1n) is 5.78. The third kappa shape index (κ3) is 2.35. The van der Waals surface area contributed by atoms with Gasteiger partial charge in [-0.3, -0.25) is 4.79 Å². The molecule has 1 aromatic carbocycles. The molecule has 0 unspecified atom stereocenters. The lowest BCUT2D eigenvalue weighted by molar-refractivity contribution is -0.120. The molecule has 1 aromatic rings. The van der Waals surface area contributed by atoms with Crippen molar-refractivity contribution in [3.05, 3.63) is 29.8 Å². The Morgan fingerprint density at radius 2 is 1.94 bits per heavy atom. The highest BCUT2D eigenvalue weighted by atomic mass is 16.2. The van der Waals surface area contributed by atoms with E-state index >= 15 is 0 Å². The van der Waals surface area contributed by atoms with Crippen molar-refractivity contribution in [2.45, 2.75) is 19.8 Å². The van der Waals surface area contributed by atoms with Crippen LogP contribution in [0.3, 0.4) is 0 Å². The molecule has 1 fully saturated rings. The molecule has 1 aliphatic rings. The van der Waals surface area contributed by atoms with Gasteiger partial charge in [-0.25, -0.2) is 0 Å². The average Bonchev–Trinajstić information content (AvgIpc) is 2.29. The summed E-state index contributed by atoms with van der Waals surface area (Å²) in [5.74, 6) is 0.665. The summed E-state index contributed by atoms with van der Waals surface area (Å²) in [6.45, 7) is 6.48. The Kier molecular flexibility index (Phi) is 3.13. The van der Waals surface area contributed by atoms with E-state index in [2.05, 4.69) is 48.3 Å². The van der Waals surface area contributed by atoms with Gasteiger partial charge in [0.15, 0.2) is 0 Å². The molecule has 0 radical (unpaired) electrons. The molecular weight excluding hydrogens is 200 g/mol. The van der Waals surface area contributed by atoms with Crippen molar-refractivity contribution in [1.29, 1.82) is 0 Å². The molecule has 0 bridgehead atoms. The standard InChI is InChI=1S/C13H18N2O/c1-10(2)11-3-5-12(6-4-11)15-8-7-14-13(16)9-15/h3-6,10H,7-9H2,1-2H3,(H,14,16). The number of anilines is 1. The van der Waals surface area contributed by atoms with E-state index in [0.29, 0.717) is 12.5 Å². The van der Waals surface area contributed by atoms with E-state index in [1.165, 1.54) is 5.56 Å². The Bertz CT molecular complexity index is 370. The van der Waals surface area contributed by atoms with E-state index < -0.39 is 0 Å². The van der Waals surface area contributed by atoms with Crippen LogP contribution in [0, 0.1) is 0 Å². The Morgan fingerprint density at radius 1 is 1.25 bits per heavy atom. The van der Waals surface area contributed by atoms with Crippen LogP contribution < -0.4 is 10.2 Å². The van der Waals surface area contributed by atoms with Gasteiger partial charge in [0.2, 0.25) is 5.91 Å². The van der Waals surface area contributed by atoms with Crippen molar-refractivity contribution < 1.29 is 4.79 Å². The number of hydrogen-bond acceptors (Lipinski definition) is 2. The molecule has 86 valence electrons. The van der Waals surface area contributed by atoms with Crippen LogP contribution in [0.25, 0.3) is 0 Å². The highest BCUT2D eigenvalue weighted by molar-refractivity contribution is 5.82. The fourth-order valence-corrected chi connectivity index (χ4v) is 1.93. The molecule has 1 N–H and O–H groups in total. The predicted molar refractivity (Wildman–Crippen MR) is 65.8 cm³/mol. The van der Waals surface area contributed by atoms with Gasteiger partial charge in [0, 0.05) is 18.8 Å². The first-order valence-corrected chi connectivity index (χ1v) is 5.78. The Labute approximate surface area is 96.5 Å². The molecule has 2 rings (SSSR count). The summed E-state index contributed by atoms with van der Waals surface area (Å²) < 4.78 is 0. The van der Waals surface area contributed by atoms with Gasteiger partial charge in [-0.15, -0.1) is 0 Å². The van der Waals surface area contributed by atoms with Crippen molar-refractivity contribution in [2.75, 3.05) is 24.5 Å². The van der Waals surface area contributed by atoms with Crippen LogP contribution in [0.5, 0.6) is 0 Å². The Hall–Kier alpha value is -1.51. The van der Waals surface area contributed by atoms with Gasteiger partial charge >= 0.3 is 0 Å². The van der Waals surface area contributed by atoms with E-state index in [1.807, 2.05) is 0 Å². The maximum atomic E-state index is 11.3. The van der Waals surface area contributed by atoms with E-state index in [1.54, 1.807) is 0 Å². The Morgan fingerprint density at radius 3 is 2.50 bits per heavy atom. The molecule has 3 nitrogen and oxygen atoms in total. The van der Waals surface area contributed by atoms with Crippen molar-refractivity contribution in [1.82, 2.24) is 5.32 Å². The maximum Gasteiger partial charge on any atom is 0.239 e. The third-order valence-corrected chi connectivity index (χ3v) is 2.96. The van der Waals surface area contributed by atoms with Crippen LogP contribution in [-0.2, 0) is 4.79 Å². The van der Waals surface area contributed by atoms with E-state index in [0.717, 1.165) is 18.8 Å². The second-order valence-electron chi connectivity index (χ2n) is 4.52. The van der Waals surface area contributed by atoms with Crippen LogP contribution in [0.15, 0.2) is 24.3 Å². The summed E-state index contributed by atoms with van der Waals surface area (Å²) >= 11 is 0. The monoisotopic (exact) mass is 218 g/mol. The summed E-state index contributed by atoms with van der Waals surface area (Å²) in [4.78, 5) is 13.4. The fourth-order valence-electron chi connectivity index (χ4n) is 1.93. The minimum absolute atomic E-state index is 0.110. The third-order valence-electron chi connectivity index (χ3n) is 2.96. The first-order chi connectivity index (χ1) is 7.66. The summed E-state index contributed by atoms with van der Waals surface area (Å²) in [5, 5.41) is 2.83. The summed E-state index contributed by atoms with van der Waals surface area (Å²) in [6.07, 6.45) is 0. The fraction of sp³-hybridized carbons (Fsp3) is 0.462. The van der Waals surface area contributed by atoms with Gasteiger partial charge in [-0.1, -0.05) is 26.0 Å². The molecule has 0 saturated carbocycles. The van der Waals surface area contributed by atoms with Crippen LogP contribution in [0.4, 0.5) is 5.69 Å². The van der Waals surface area contributed by atoms with Crippen LogP contribution in [-0.4, -0.2) is 25.5 Å². The largest absolute Gasteiger partial charge is 0.360 e. The second kappa shape index (κ2) is 4.56. The topological polar surface area (TPSA) is 32.3 Å². The molecule has 1 aliphatic heterocycles. The minimum atomic E-state index is 0.110. The number of rotatable bonds is 2. The lowest BCUT2D eigenvalue weighted by atomic mass is 10.0. The number of nitrogens with one attached hydrogen (secondary N) is 1. The lowest BCUT2D eigenvalue weighted by Crippen LogP contribution is -2.47. The number of carbonyl (C=O) groups is 1. The molecule has 1 heterocycles. The Balaban J connectivity index is 2.11. The van der Waals surface area contributed by atoms with E-state index in [9.17, 15) is 4.79 Å². The molecule has 1 amide bonds. The first kappa shape index (κ1) is 11.0. The van der Waals surface area contributed by atoms with E-state index in [-0.39, 0.29) is 5.91 Å². The van der Waals surface area contributed by atoms with Gasteiger partial charge < -0.3 is 10.2 Å². The minimum Gasteiger partial charge on any atom is -0.360 e. The highest BCUT2D eigenvalue weighted by Gasteiger charge is 2.16. The predicted octanol–water partition coefficient (Wildman–Crippen LogP) is 1.75. The zero-order valence-electron chi connectivity index (χ0n) is 9.86. The normalized spacial score (nSPS) is 16.4. The number of piperazine rings is 1. The van der Waals surface area contributed by atoms with Gasteiger partial charge in [0.05, 0.1) is 6.54 Å². The summed E-state index contributed by atoms with van der Waals surface area (Å²) in [6, 6.07) is 8.50. The molecule has 3 heteroatoms. The molecule has 16 heavy (non-hydrogen) atoms. The number of benzene rings is 1.